The van der Waals surface area contributed by atoms with Crippen molar-refractivity contribution in [2.45, 2.75) is 26.9 Å². The second-order valence-electron chi connectivity index (χ2n) is 3.95. The van der Waals surface area contributed by atoms with Crippen molar-refractivity contribution >= 4 is 22.7 Å². The second kappa shape index (κ2) is 4.59. The Labute approximate surface area is 102 Å². The summed E-state index contributed by atoms with van der Waals surface area (Å²) < 4.78 is 13.9. The van der Waals surface area contributed by atoms with Crippen LogP contribution in [0.5, 0.6) is 0 Å². The summed E-state index contributed by atoms with van der Waals surface area (Å²) in [5.74, 6) is -0.0108. The van der Waals surface area contributed by atoms with Crippen molar-refractivity contribution in [2.24, 2.45) is 5.92 Å². The number of hydrogen-bond donors (Lipinski definition) is 0. The highest BCUT2D eigenvalue weighted by Crippen LogP contribution is 2.37. The van der Waals surface area contributed by atoms with Crippen molar-refractivity contribution in [1.29, 1.82) is 0 Å². The van der Waals surface area contributed by atoms with Crippen LogP contribution < -0.4 is 0 Å². The molecule has 0 spiro atoms. The normalized spacial score (nSPS) is 13.3. The van der Waals surface area contributed by atoms with Gasteiger partial charge in [-0.1, -0.05) is 13.8 Å². The van der Waals surface area contributed by atoms with Crippen molar-refractivity contribution in [3.8, 4) is 10.0 Å². The molecule has 1 atom stereocenters. The van der Waals surface area contributed by atoms with Gasteiger partial charge in [-0.15, -0.1) is 22.7 Å². The number of thiazole rings is 2. The van der Waals surface area contributed by atoms with Gasteiger partial charge in [-0.25, -0.2) is 14.4 Å². The highest BCUT2D eigenvalue weighted by Gasteiger charge is 2.21. The summed E-state index contributed by atoms with van der Waals surface area (Å²) in [5.41, 5.74) is 0.788. The van der Waals surface area contributed by atoms with E-state index in [0.717, 1.165) is 20.6 Å². The third kappa shape index (κ3) is 2.15. The average Bonchev–Trinajstić information content (AvgIpc) is 2.84. The fraction of sp³-hybridized carbons (Fsp3) is 0.455. The average molecular weight is 256 g/mol. The van der Waals surface area contributed by atoms with Gasteiger partial charge in [-0.2, -0.15) is 0 Å². The highest BCUT2D eigenvalue weighted by molar-refractivity contribution is 7.20. The van der Waals surface area contributed by atoms with E-state index < -0.39 is 6.17 Å². The zero-order valence-electron chi connectivity index (χ0n) is 9.40. The van der Waals surface area contributed by atoms with Crippen molar-refractivity contribution in [3.63, 3.8) is 0 Å². The van der Waals surface area contributed by atoms with E-state index in [2.05, 4.69) is 9.97 Å². The van der Waals surface area contributed by atoms with Crippen LogP contribution in [0.1, 0.15) is 30.6 Å². The maximum atomic E-state index is 13.9. The molecular weight excluding hydrogens is 243 g/mol. The monoisotopic (exact) mass is 256 g/mol. The van der Waals surface area contributed by atoms with Crippen molar-refractivity contribution < 1.29 is 4.39 Å². The van der Waals surface area contributed by atoms with E-state index in [1.54, 1.807) is 6.20 Å². The van der Waals surface area contributed by atoms with Gasteiger partial charge < -0.3 is 0 Å². The summed E-state index contributed by atoms with van der Waals surface area (Å²) in [4.78, 5) is 9.31. The molecule has 86 valence electrons. The Hall–Kier alpha value is -0.810. The second-order valence-corrected chi connectivity index (χ2v) is 5.88. The zero-order chi connectivity index (χ0) is 11.7. The minimum atomic E-state index is -0.925. The van der Waals surface area contributed by atoms with Crippen LogP contribution in [0.25, 0.3) is 10.0 Å². The van der Waals surface area contributed by atoms with Gasteiger partial charge in [-0.3, -0.25) is 0 Å². The molecule has 0 saturated heterocycles. The number of alkyl halides is 1. The third-order valence-corrected chi connectivity index (χ3v) is 4.41. The molecule has 0 aromatic carbocycles. The van der Waals surface area contributed by atoms with Crippen LogP contribution in [-0.2, 0) is 0 Å². The molecule has 2 aromatic rings. The first-order valence-electron chi connectivity index (χ1n) is 5.11. The van der Waals surface area contributed by atoms with Gasteiger partial charge in [0.25, 0.3) is 0 Å². The summed E-state index contributed by atoms with van der Waals surface area (Å²) in [6.07, 6.45) is 0.817. The minimum Gasteiger partial charge on any atom is -0.242 e. The van der Waals surface area contributed by atoms with Crippen LogP contribution in [0, 0.1) is 12.8 Å². The number of hydrogen-bond acceptors (Lipinski definition) is 4. The molecule has 2 nitrogen and oxygen atoms in total. The molecule has 0 aliphatic heterocycles. The summed E-state index contributed by atoms with van der Waals surface area (Å²) in [6.45, 7) is 5.62. The highest BCUT2D eigenvalue weighted by atomic mass is 32.1. The van der Waals surface area contributed by atoms with Crippen molar-refractivity contribution in [2.75, 3.05) is 0 Å². The lowest BCUT2D eigenvalue weighted by Crippen LogP contribution is -1.99. The summed E-state index contributed by atoms with van der Waals surface area (Å²) in [5, 5.41) is 3.60. The van der Waals surface area contributed by atoms with E-state index in [-0.39, 0.29) is 5.92 Å². The topological polar surface area (TPSA) is 25.8 Å². The smallest absolute Gasteiger partial charge is 0.152 e. The Morgan fingerprint density at radius 1 is 1.31 bits per heavy atom. The summed E-state index contributed by atoms with van der Waals surface area (Å²) in [6, 6.07) is 0. The molecular formula is C11H13FN2S2. The maximum absolute atomic E-state index is 13.9. The van der Waals surface area contributed by atoms with Crippen LogP contribution in [-0.4, -0.2) is 9.97 Å². The first-order valence-corrected chi connectivity index (χ1v) is 6.80. The Balaban J connectivity index is 2.36. The summed E-state index contributed by atoms with van der Waals surface area (Å²) in [7, 11) is 0. The minimum absolute atomic E-state index is 0.0108. The number of halogens is 1. The Morgan fingerprint density at radius 2 is 2.06 bits per heavy atom. The van der Waals surface area contributed by atoms with Gasteiger partial charge >= 0.3 is 0 Å². The van der Waals surface area contributed by atoms with E-state index in [0.29, 0.717) is 0 Å². The van der Waals surface area contributed by atoms with Crippen LogP contribution in [0.4, 0.5) is 4.39 Å². The molecule has 2 aromatic heterocycles. The van der Waals surface area contributed by atoms with Gasteiger partial charge in [0.05, 0.1) is 10.6 Å². The molecule has 2 rings (SSSR count). The molecule has 5 heteroatoms. The van der Waals surface area contributed by atoms with E-state index in [9.17, 15) is 4.39 Å². The standard InChI is InChI=1S/C11H13FN2S2/c1-6(2)8(12)9-7(3)14-11(16-9)10-13-4-5-15-10/h4-6,8H,1-3H3. The lowest BCUT2D eigenvalue weighted by Gasteiger charge is -2.09. The molecule has 0 bridgehead atoms. The molecule has 0 fully saturated rings. The Bertz CT molecular complexity index is 462. The van der Waals surface area contributed by atoms with Crippen LogP contribution in [0.3, 0.4) is 0 Å². The quantitative estimate of drug-likeness (QED) is 0.820. The fourth-order valence-electron chi connectivity index (χ4n) is 1.39. The molecule has 0 aliphatic rings. The fourth-order valence-corrected chi connectivity index (χ4v) is 3.28. The SMILES string of the molecule is Cc1nc(-c2nccs2)sc1C(F)C(C)C. The number of rotatable bonds is 3. The molecule has 16 heavy (non-hydrogen) atoms. The van der Waals surface area contributed by atoms with E-state index in [4.69, 9.17) is 0 Å². The van der Waals surface area contributed by atoms with Crippen LogP contribution in [0.2, 0.25) is 0 Å². The van der Waals surface area contributed by atoms with Gasteiger partial charge in [0.15, 0.2) is 10.0 Å². The van der Waals surface area contributed by atoms with Crippen molar-refractivity contribution in [3.05, 3.63) is 22.1 Å². The molecule has 0 radical (unpaired) electrons. The molecule has 0 saturated carbocycles. The molecule has 1 unspecified atom stereocenters. The van der Waals surface area contributed by atoms with E-state index >= 15 is 0 Å². The van der Waals surface area contributed by atoms with Gasteiger partial charge in [0, 0.05) is 11.6 Å². The zero-order valence-corrected chi connectivity index (χ0v) is 11.0. The molecule has 0 N–H and O–H groups in total. The van der Waals surface area contributed by atoms with Gasteiger partial charge in [-0.05, 0) is 12.8 Å². The van der Waals surface area contributed by atoms with Gasteiger partial charge in [0.1, 0.15) is 6.17 Å². The predicted octanol–water partition coefficient (Wildman–Crippen LogP) is 4.24. The predicted molar refractivity (Wildman–Crippen MR) is 66.6 cm³/mol. The first kappa shape index (κ1) is 11.7. The maximum Gasteiger partial charge on any atom is 0.152 e. The Kier molecular flexibility index (Phi) is 3.35. The molecule has 0 aliphatic carbocycles. The lowest BCUT2D eigenvalue weighted by molar-refractivity contribution is 0.265. The van der Waals surface area contributed by atoms with Crippen LogP contribution >= 0.6 is 22.7 Å². The van der Waals surface area contributed by atoms with Crippen LogP contribution in [0.15, 0.2) is 11.6 Å². The summed E-state index contributed by atoms with van der Waals surface area (Å²) >= 11 is 2.95. The molecule has 0 amide bonds. The van der Waals surface area contributed by atoms with E-state index in [1.807, 2.05) is 26.2 Å². The van der Waals surface area contributed by atoms with Crippen molar-refractivity contribution in [1.82, 2.24) is 9.97 Å². The third-order valence-electron chi connectivity index (χ3n) is 2.28. The number of aryl methyl sites for hydroxylation is 1. The Morgan fingerprint density at radius 3 is 2.62 bits per heavy atom. The largest absolute Gasteiger partial charge is 0.242 e. The lowest BCUT2D eigenvalue weighted by atomic mass is 10.1. The van der Waals surface area contributed by atoms with Gasteiger partial charge in [0.2, 0.25) is 0 Å². The number of aromatic nitrogens is 2. The number of nitrogens with zero attached hydrogens (tertiary/aromatic N) is 2. The first-order chi connectivity index (χ1) is 7.59. The molecule has 2 heterocycles. The van der Waals surface area contributed by atoms with E-state index in [1.165, 1.54) is 22.7 Å².